The van der Waals surface area contributed by atoms with Crippen LogP contribution in [-0.4, -0.2) is 34.3 Å². The molecular weight excluding hydrogens is 248 g/mol. The van der Waals surface area contributed by atoms with Crippen molar-refractivity contribution < 1.29 is 0 Å². The van der Waals surface area contributed by atoms with E-state index in [9.17, 15) is 0 Å². The molecule has 0 bridgehead atoms. The van der Waals surface area contributed by atoms with E-state index in [1.165, 1.54) is 31.5 Å². The van der Waals surface area contributed by atoms with Crippen LogP contribution in [0.5, 0.6) is 0 Å². The summed E-state index contributed by atoms with van der Waals surface area (Å²) in [6, 6.07) is 11.2. The van der Waals surface area contributed by atoms with Gasteiger partial charge in [-0.3, -0.25) is 9.58 Å². The number of nitrogens with one attached hydrogen (secondary N) is 1. The second-order valence-corrected chi connectivity index (χ2v) is 5.45. The van der Waals surface area contributed by atoms with E-state index < -0.39 is 0 Å². The van der Waals surface area contributed by atoms with Gasteiger partial charge >= 0.3 is 0 Å². The molecule has 1 aliphatic heterocycles. The Morgan fingerprint density at radius 3 is 2.60 bits per heavy atom. The van der Waals surface area contributed by atoms with Crippen LogP contribution in [0.1, 0.15) is 24.4 Å². The van der Waals surface area contributed by atoms with Crippen molar-refractivity contribution in [3.63, 3.8) is 0 Å². The molecule has 4 heteroatoms. The minimum atomic E-state index is 0.443. The maximum absolute atomic E-state index is 4.21. The number of rotatable bonds is 5. The topological polar surface area (TPSA) is 33.1 Å². The van der Waals surface area contributed by atoms with Crippen molar-refractivity contribution in [3.05, 3.63) is 48.3 Å². The zero-order chi connectivity index (χ0) is 13.8. The predicted octanol–water partition coefficient (Wildman–Crippen LogP) is 2.67. The average molecular weight is 270 g/mol. The lowest BCUT2D eigenvalue weighted by Gasteiger charge is -2.28. The van der Waals surface area contributed by atoms with Gasteiger partial charge in [0.05, 0.1) is 17.9 Å². The zero-order valence-corrected chi connectivity index (χ0v) is 12.0. The number of anilines is 1. The molecule has 2 aromatic rings. The van der Waals surface area contributed by atoms with E-state index >= 15 is 0 Å². The third-order valence-electron chi connectivity index (χ3n) is 3.97. The van der Waals surface area contributed by atoms with Crippen molar-refractivity contribution >= 4 is 5.69 Å². The van der Waals surface area contributed by atoms with E-state index in [-0.39, 0.29) is 0 Å². The number of nitrogens with zero attached hydrogens (tertiary/aromatic N) is 3. The third kappa shape index (κ3) is 3.02. The van der Waals surface area contributed by atoms with E-state index in [1.807, 2.05) is 24.1 Å². The SMILES string of the molecule is Cn1cc(NCC(c2ccccc2)N2CCCC2)cn1. The highest BCUT2D eigenvalue weighted by molar-refractivity contribution is 5.38. The van der Waals surface area contributed by atoms with E-state index in [0.29, 0.717) is 6.04 Å². The molecule has 3 rings (SSSR count). The second-order valence-electron chi connectivity index (χ2n) is 5.45. The highest BCUT2D eigenvalue weighted by Crippen LogP contribution is 2.25. The van der Waals surface area contributed by atoms with Gasteiger partial charge in [-0.2, -0.15) is 5.10 Å². The minimum absolute atomic E-state index is 0.443. The van der Waals surface area contributed by atoms with Gasteiger partial charge in [-0.15, -0.1) is 0 Å². The Hall–Kier alpha value is -1.81. The van der Waals surface area contributed by atoms with Crippen molar-refractivity contribution in [2.75, 3.05) is 25.0 Å². The molecule has 106 valence electrons. The molecule has 1 aromatic heterocycles. The van der Waals surface area contributed by atoms with Crippen LogP contribution in [0, 0.1) is 0 Å². The predicted molar refractivity (Wildman–Crippen MR) is 81.7 cm³/mol. The first kappa shape index (κ1) is 13.2. The number of benzene rings is 1. The Morgan fingerprint density at radius 1 is 1.20 bits per heavy atom. The Bertz CT molecular complexity index is 528. The molecule has 4 nitrogen and oxygen atoms in total. The standard InChI is InChI=1S/C16H22N4/c1-19-13-15(11-18-19)17-12-16(20-9-5-6-10-20)14-7-3-2-4-8-14/h2-4,7-8,11,13,16-17H,5-6,9-10,12H2,1H3. The summed E-state index contributed by atoms with van der Waals surface area (Å²) < 4.78 is 1.83. The molecule has 1 aliphatic rings. The Kier molecular flexibility index (Phi) is 4.02. The number of aryl methyl sites for hydroxylation is 1. The van der Waals surface area contributed by atoms with Crippen LogP contribution in [-0.2, 0) is 7.05 Å². The lowest BCUT2D eigenvalue weighted by molar-refractivity contribution is 0.256. The van der Waals surface area contributed by atoms with Crippen LogP contribution in [0.2, 0.25) is 0 Å². The van der Waals surface area contributed by atoms with Crippen LogP contribution < -0.4 is 5.32 Å². The van der Waals surface area contributed by atoms with Crippen LogP contribution in [0.25, 0.3) is 0 Å². The van der Waals surface area contributed by atoms with Gasteiger partial charge in [0.15, 0.2) is 0 Å². The van der Waals surface area contributed by atoms with Gasteiger partial charge in [0.1, 0.15) is 0 Å². The molecule has 1 unspecified atom stereocenters. The number of hydrogen-bond donors (Lipinski definition) is 1. The molecule has 1 N–H and O–H groups in total. The Morgan fingerprint density at radius 2 is 1.95 bits per heavy atom. The lowest BCUT2D eigenvalue weighted by atomic mass is 10.1. The lowest BCUT2D eigenvalue weighted by Crippen LogP contribution is -2.30. The van der Waals surface area contributed by atoms with Gasteiger partial charge in [0, 0.05) is 19.8 Å². The quantitative estimate of drug-likeness (QED) is 0.906. The minimum Gasteiger partial charge on any atom is -0.381 e. The highest BCUT2D eigenvalue weighted by Gasteiger charge is 2.23. The first-order valence-corrected chi connectivity index (χ1v) is 7.34. The highest BCUT2D eigenvalue weighted by atomic mass is 15.3. The largest absolute Gasteiger partial charge is 0.381 e. The van der Waals surface area contributed by atoms with Crippen LogP contribution in [0.3, 0.4) is 0 Å². The van der Waals surface area contributed by atoms with Crippen molar-refractivity contribution in [1.82, 2.24) is 14.7 Å². The zero-order valence-electron chi connectivity index (χ0n) is 12.0. The van der Waals surface area contributed by atoms with Crippen molar-refractivity contribution in [1.29, 1.82) is 0 Å². The smallest absolute Gasteiger partial charge is 0.0727 e. The summed E-state index contributed by atoms with van der Waals surface area (Å²) in [7, 11) is 1.94. The fourth-order valence-corrected chi connectivity index (χ4v) is 2.91. The third-order valence-corrected chi connectivity index (χ3v) is 3.97. The Balaban J connectivity index is 1.72. The van der Waals surface area contributed by atoms with Crippen molar-refractivity contribution in [2.24, 2.45) is 7.05 Å². The van der Waals surface area contributed by atoms with Gasteiger partial charge in [-0.1, -0.05) is 30.3 Å². The fourth-order valence-electron chi connectivity index (χ4n) is 2.91. The molecule has 20 heavy (non-hydrogen) atoms. The van der Waals surface area contributed by atoms with E-state index in [1.54, 1.807) is 0 Å². The first-order valence-electron chi connectivity index (χ1n) is 7.34. The summed E-state index contributed by atoms with van der Waals surface area (Å²) in [4.78, 5) is 2.58. The Labute approximate surface area is 120 Å². The van der Waals surface area contributed by atoms with E-state index in [2.05, 4.69) is 45.6 Å². The molecule has 0 spiro atoms. The average Bonchev–Trinajstić information content (AvgIpc) is 3.12. The summed E-state index contributed by atoms with van der Waals surface area (Å²) in [6.45, 7) is 3.33. The molecule has 0 amide bonds. The molecule has 0 radical (unpaired) electrons. The number of hydrogen-bond acceptors (Lipinski definition) is 3. The maximum atomic E-state index is 4.21. The van der Waals surface area contributed by atoms with Crippen LogP contribution in [0.15, 0.2) is 42.7 Å². The monoisotopic (exact) mass is 270 g/mol. The second kappa shape index (κ2) is 6.09. The molecule has 1 aromatic carbocycles. The van der Waals surface area contributed by atoms with E-state index in [4.69, 9.17) is 0 Å². The molecule has 0 aliphatic carbocycles. The molecule has 0 saturated carbocycles. The molecule has 1 fully saturated rings. The fraction of sp³-hybridized carbons (Fsp3) is 0.438. The number of likely N-dealkylation sites (tertiary alicyclic amines) is 1. The normalized spacial score (nSPS) is 17.2. The van der Waals surface area contributed by atoms with Crippen LogP contribution in [0.4, 0.5) is 5.69 Å². The van der Waals surface area contributed by atoms with E-state index in [0.717, 1.165) is 12.2 Å². The van der Waals surface area contributed by atoms with Crippen LogP contribution >= 0.6 is 0 Å². The molecular formula is C16H22N4. The first-order chi connectivity index (χ1) is 9.83. The summed E-state index contributed by atoms with van der Waals surface area (Å²) >= 11 is 0. The van der Waals surface area contributed by atoms with Crippen molar-refractivity contribution in [2.45, 2.75) is 18.9 Å². The molecule has 1 atom stereocenters. The maximum Gasteiger partial charge on any atom is 0.0727 e. The van der Waals surface area contributed by atoms with Gasteiger partial charge in [-0.05, 0) is 31.5 Å². The number of aromatic nitrogens is 2. The van der Waals surface area contributed by atoms with Gasteiger partial charge in [0.25, 0.3) is 0 Å². The molecule has 2 heterocycles. The summed E-state index contributed by atoms with van der Waals surface area (Å²) in [5.41, 5.74) is 2.48. The summed E-state index contributed by atoms with van der Waals surface area (Å²) in [6.07, 6.45) is 6.53. The van der Waals surface area contributed by atoms with Crippen molar-refractivity contribution in [3.8, 4) is 0 Å². The summed E-state index contributed by atoms with van der Waals surface area (Å²) in [5.74, 6) is 0. The van der Waals surface area contributed by atoms with Gasteiger partial charge in [0.2, 0.25) is 0 Å². The van der Waals surface area contributed by atoms with Gasteiger partial charge in [-0.25, -0.2) is 0 Å². The molecule has 1 saturated heterocycles. The summed E-state index contributed by atoms with van der Waals surface area (Å²) in [5, 5.41) is 7.72. The van der Waals surface area contributed by atoms with Gasteiger partial charge < -0.3 is 5.32 Å².